The van der Waals surface area contributed by atoms with Gasteiger partial charge in [-0.3, -0.25) is 4.79 Å². The first-order valence-corrected chi connectivity index (χ1v) is 13.8. The first kappa shape index (κ1) is 36.0. The van der Waals surface area contributed by atoms with E-state index in [0.717, 1.165) is 24.1 Å². The average molecular weight is 616 g/mol. The second-order valence-electron chi connectivity index (χ2n) is 11.3. The van der Waals surface area contributed by atoms with Crippen LogP contribution in [0, 0.1) is 6.92 Å². The number of aliphatic hydroxyl groups is 2. The number of rotatable bonds is 10. The number of fused-ring (bicyclic) bond motifs is 2. The van der Waals surface area contributed by atoms with E-state index in [-0.39, 0.29) is 41.7 Å². The van der Waals surface area contributed by atoms with Crippen LogP contribution in [0.4, 0.5) is 0 Å². The molecule has 5 atom stereocenters. The van der Waals surface area contributed by atoms with Gasteiger partial charge < -0.3 is 48.3 Å². The lowest BCUT2D eigenvalue weighted by molar-refractivity contribution is -0.231. The molecule has 0 amide bonds. The second kappa shape index (κ2) is 15.5. The van der Waals surface area contributed by atoms with Gasteiger partial charge in [-0.15, -0.1) is 12.4 Å². The fourth-order valence-corrected chi connectivity index (χ4v) is 4.85. The first-order valence-electron chi connectivity index (χ1n) is 13.8. The van der Waals surface area contributed by atoms with Gasteiger partial charge in [0.1, 0.15) is 52.6 Å². The molecule has 12 heteroatoms. The zero-order valence-electron chi connectivity index (χ0n) is 25.7. The summed E-state index contributed by atoms with van der Waals surface area (Å²) in [4.78, 5) is 14.1. The van der Waals surface area contributed by atoms with Crippen molar-refractivity contribution in [1.82, 2.24) is 4.90 Å². The number of aromatic hydroxyl groups is 1. The maximum Gasteiger partial charge on any atom is 0.196 e. The van der Waals surface area contributed by atoms with Crippen molar-refractivity contribution >= 4 is 23.4 Å². The summed E-state index contributed by atoms with van der Waals surface area (Å²) >= 11 is 0. The van der Waals surface area contributed by atoms with Gasteiger partial charge in [0.25, 0.3) is 0 Å². The summed E-state index contributed by atoms with van der Waals surface area (Å²) in [6.45, 7) is 10.4. The van der Waals surface area contributed by atoms with Crippen molar-refractivity contribution in [1.29, 1.82) is 0 Å². The molecular weight excluding hydrogens is 570 g/mol. The molecule has 2 aliphatic rings. The maximum absolute atomic E-state index is 12.0. The van der Waals surface area contributed by atoms with Crippen molar-refractivity contribution < 1.29 is 43.4 Å². The summed E-state index contributed by atoms with van der Waals surface area (Å²) in [7, 11) is 5.54. The molecule has 1 aromatic carbocycles. The summed E-state index contributed by atoms with van der Waals surface area (Å²) in [5, 5.41) is 29.2. The molecule has 0 saturated carbocycles. The number of hydrogen-bond acceptors (Lipinski definition) is 11. The Hall–Kier alpha value is -2.22. The monoisotopic (exact) mass is 615 g/mol. The van der Waals surface area contributed by atoms with Crippen LogP contribution in [0.25, 0.3) is 11.0 Å². The number of methoxy groups -OCH3 is 1. The minimum atomic E-state index is -1.01. The molecule has 4 rings (SSSR count). The molecule has 2 aliphatic heterocycles. The Morgan fingerprint density at radius 3 is 2.50 bits per heavy atom. The molecule has 0 spiro atoms. The highest BCUT2D eigenvalue weighted by molar-refractivity contribution is 5.88. The van der Waals surface area contributed by atoms with Crippen LogP contribution < -0.4 is 10.2 Å². The SMILES string of the molecule is CN(C)CCCOC1C(C(O)CO)OC2OC(C)(C)OC21.COc1cc(O)c2c(=O)cc(C)oc2c1CC=C(C)C.Cl. The second-order valence-corrected chi connectivity index (χ2v) is 11.3. The average Bonchev–Trinajstić information content (AvgIpc) is 3.36. The predicted octanol–water partition coefficient (Wildman–Crippen LogP) is 3.30. The largest absolute Gasteiger partial charge is 0.507 e. The fraction of sp³-hybridized carbons (Fsp3) is 0.633. The third-order valence-corrected chi connectivity index (χ3v) is 6.75. The highest BCUT2D eigenvalue weighted by atomic mass is 35.5. The van der Waals surface area contributed by atoms with Crippen LogP contribution >= 0.6 is 12.4 Å². The van der Waals surface area contributed by atoms with Crippen molar-refractivity contribution in [3.8, 4) is 11.5 Å². The van der Waals surface area contributed by atoms with Gasteiger partial charge in [-0.25, -0.2) is 0 Å². The molecule has 11 nitrogen and oxygen atoms in total. The van der Waals surface area contributed by atoms with E-state index in [4.69, 9.17) is 33.2 Å². The van der Waals surface area contributed by atoms with Crippen molar-refractivity contribution in [2.24, 2.45) is 0 Å². The summed E-state index contributed by atoms with van der Waals surface area (Å²) in [6, 6.07) is 2.84. The number of nitrogens with zero attached hydrogens (tertiary/aromatic N) is 1. The Labute approximate surface area is 253 Å². The van der Waals surface area contributed by atoms with E-state index in [0.29, 0.717) is 30.1 Å². The summed E-state index contributed by atoms with van der Waals surface area (Å²) < 4.78 is 34.0. The van der Waals surface area contributed by atoms with Crippen molar-refractivity contribution in [2.75, 3.05) is 41.0 Å². The molecule has 3 N–H and O–H groups in total. The van der Waals surface area contributed by atoms with Gasteiger partial charge in [-0.2, -0.15) is 0 Å². The lowest BCUT2D eigenvalue weighted by Crippen LogP contribution is -2.44. The molecule has 42 heavy (non-hydrogen) atoms. The highest BCUT2D eigenvalue weighted by Gasteiger charge is 2.56. The number of allylic oxidation sites excluding steroid dienone is 2. The molecule has 2 fully saturated rings. The number of benzene rings is 1. The molecule has 3 heterocycles. The van der Waals surface area contributed by atoms with Crippen molar-refractivity contribution in [3.63, 3.8) is 0 Å². The zero-order chi connectivity index (χ0) is 30.5. The molecule has 0 aliphatic carbocycles. The number of ether oxygens (including phenoxy) is 5. The van der Waals surface area contributed by atoms with Crippen LogP contribution in [0.15, 0.2) is 33.0 Å². The lowest BCUT2D eigenvalue weighted by atomic mass is 10.0. The first-order chi connectivity index (χ1) is 19.3. The van der Waals surface area contributed by atoms with Gasteiger partial charge >= 0.3 is 0 Å². The predicted molar refractivity (Wildman–Crippen MR) is 161 cm³/mol. The Bertz CT molecular complexity index is 1260. The number of aryl methyl sites for hydroxylation is 1. The van der Waals surface area contributed by atoms with E-state index in [1.807, 2.05) is 47.9 Å². The van der Waals surface area contributed by atoms with Gasteiger partial charge in [0.05, 0.1) is 13.7 Å². The third kappa shape index (κ3) is 8.90. The van der Waals surface area contributed by atoms with E-state index in [9.17, 15) is 15.0 Å². The van der Waals surface area contributed by atoms with Gasteiger partial charge in [-0.1, -0.05) is 11.6 Å². The Kier molecular flexibility index (Phi) is 13.3. The van der Waals surface area contributed by atoms with Gasteiger partial charge in [0.2, 0.25) is 0 Å². The van der Waals surface area contributed by atoms with Crippen molar-refractivity contribution in [3.05, 3.63) is 45.3 Å². The molecule has 2 saturated heterocycles. The van der Waals surface area contributed by atoms with E-state index >= 15 is 0 Å². The number of hydrogen-bond donors (Lipinski definition) is 3. The standard InChI is InChI=1S/C16H18O4.C14H27NO6.ClH/c1-9(2)5-6-11-14(19-4)8-13(18)15-12(17)7-10(3)20-16(11)15;1-14(2)20-12-11(18-7-5-6-15(3)4)10(9(17)8-16)19-13(12)21-14;/h5,7-8,18H,6H2,1-4H3;9-13,16-17H,5-8H2,1-4H3;1H. The van der Waals surface area contributed by atoms with E-state index in [1.54, 1.807) is 6.92 Å². The summed E-state index contributed by atoms with van der Waals surface area (Å²) in [5.41, 5.74) is 2.07. The summed E-state index contributed by atoms with van der Waals surface area (Å²) in [6.07, 6.45) is 0.431. The minimum absolute atomic E-state index is 0. The van der Waals surface area contributed by atoms with Crippen molar-refractivity contribution in [2.45, 2.75) is 84.0 Å². The van der Waals surface area contributed by atoms with E-state index in [1.165, 1.54) is 19.2 Å². The molecule has 0 radical (unpaired) electrons. The van der Waals surface area contributed by atoms with Crippen LogP contribution in [-0.4, -0.2) is 97.7 Å². The Morgan fingerprint density at radius 1 is 1.21 bits per heavy atom. The van der Waals surface area contributed by atoms with Crippen LogP contribution in [0.3, 0.4) is 0 Å². The quantitative estimate of drug-likeness (QED) is 0.268. The van der Waals surface area contributed by atoms with Gasteiger partial charge in [0, 0.05) is 24.3 Å². The molecule has 1 aromatic heterocycles. The topological polar surface area (TPSA) is 140 Å². The van der Waals surface area contributed by atoms with Gasteiger partial charge in [0.15, 0.2) is 17.5 Å². The zero-order valence-corrected chi connectivity index (χ0v) is 26.5. The summed E-state index contributed by atoms with van der Waals surface area (Å²) in [5.74, 6) is 0.178. The van der Waals surface area contributed by atoms with Crippen LogP contribution in [-0.2, 0) is 25.4 Å². The van der Waals surface area contributed by atoms with Crippen LogP contribution in [0.1, 0.15) is 45.4 Å². The number of phenols is 1. The minimum Gasteiger partial charge on any atom is -0.507 e. The Morgan fingerprint density at radius 2 is 1.90 bits per heavy atom. The smallest absolute Gasteiger partial charge is 0.196 e. The van der Waals surface area contributed by atoms with Gasteiger partial charge in [-0.05, 0) is 68.1 Å². The number of phenolic OH excluding ortho intramolecular Hbond substituents is 1. The van der Waals surface area contributed by atoms with Crippen LogP contribution in [0.5, 0.6) is 11.5 Å². The fourth-order valence-electron chi connectivity index (χ4n) is 4.85. The highest BCUT2D eigenvalue weighted by Crippen LogP contribution is 2.39. The normalized spacial score (nSPS) is 23.1. The molecular formula is C30H46ClNO10. The van der Waals surface area contributed by atoms with E-state index < -0.39 is 30.4 Å². The Balaban J connectivity index is 0.000000287. The molecule has 238 valence electrons. The van der Waals surface area contributed by atoms with Crippen LogP contribution in [0.2, 0.25) is 0 Å². The number of halogens is 1. The lowest BCUT2D eigenvalue weighted by Gasteiger charge is -2.28. The molecule has 0 bridgehead atoms. The maximum atomic E-state index is 12.0. The molecule has 5 unspecified atom stereocenters. The molecule has 2 aromatic rings. The number of aliphatic hydroxyl groups excluding tert-OH is 2. The third-order valence-electron chi connectivity index (χ3n) is 6.75. The van der Waals surface area contributed by atoms with E-state index in [2.05, 4.69) is 4.90 Å².